The zero-order valence-electron chi connectivity index (χ0n) is 30.7. The van der Waals surface area contributed by atoms with Crippen LogP contribution in [-0.2, 0) is 32.8 Å². The first-order valence-corrected chi connectivity index (χ1v) is 20.1. The van der Waals surface area contributed by atoms with Gasteiger partial charge in [0.1, 0.15) is 28.8 Å². The molecule has 11 nitrogen and oxygen atoms in total. The lowest BCUT2D eigenvalue weighted by Crippen LogP contribution is -2.49. The number of carbonyl (C=O) groups is 4. The Morgan fingerprint density at radius 3 is 2.44 bits per heavy atom. The molecule has 2 aliphatic carbocycles. The minimum atomic E-state index is -1.37. The molecule has 1 N–H and O–H groups in total. The van der Waals surface area contributed by atoms with Crippen molar-refractivity contribution in [3.63, 3.8) is 0 Å². The van der Waals surface area contributed by atoms with E-state index in [2.05, 4.69) is 0 Å². The fraction of sp³-hybridized carbons (Fsp3) is 0.341. The molecule has 5 aromatic rings. The highest BCUT2D eigenvalue weighted by atomic mass is 35.5. The van der Waals surface area contributed by atoms with Crippen molar-refractivity contribution in [3.8, 4) is 27.8 Å². The van der Waals surface area contributed by atoms with Gasteiger partial charge >= 0.3 is 0 Å². The van der Waals surface area contributed by atoms with Crippen LogP contribution in [0, 0.1) is 36.0 Å². The maximum absolute atomic E-state index is 15.3. The lowest BCUT2D eigenvalue weighted by Gasteiger charge is -2.49. The van der Waals surface area contributed by atoms with Crippen LogP contribution in [0.3, 0.4) is 0 Å². The van der Waals surface area contributed by atoms with Crippen molar-refractivity contribution >= 4 is 73.8 Å². The Morgan fingerprint density at radius 2 is 1.75 bits per heavy atom. The molecule has 3 aromatic heterocycles. The van der Waals surface area contributed by atoms with Gasteiger partial charge in [-0.05, 0) is 73.2 Å². The number of nitrogens with zero attached hydrogens (tertiary/aromatic N) is 4. The quantitative estimate of drug-likeness (QED) is 0.133. The van der Waals surface area contributed by atoms with E-state index in [1.165, 1.54) is 47.5 Å². The van der Waals surface area contributed by atoms with Gasteiger partial charge in [-0.25, -0.2) is 4.90 Å². The second kappa shape index (κ2) is 12.8. The van der Waals surface area contributed by atoms with Crippen LogP contribution < -0.4 is 14.4 Å². The van der Waals surface area contributed by atoms with Crippen LogP contribution in [0.4, 0.5) is 5.82 Å². The van der Waals surface area contributed by atoms with E-state index in [0.717, 1.165) is 31.0 Å². The van der Waals surface area contributed by atoms with Crippen LogP contribution in [0.1, 0.15) is 41.7 Å². The number of halogens is 1. The zero-order valence-corrected chi connectivity index (χ0v) is 33.1. The van der Waals surface area contributed by atoms with Crippen molar-refractivity contribution < 1.29 is 33.8 Å². The Hall–Kier alpha value is -4.98. The molecule has 5 heterocycles. The molecule has 4 aliphatic rings. The van der Waals surface area contributed by atoms with E-state index in [4.69, 9.17) is 26.2 Å². The first-order chi connectivity index (χ1) is 26.4. The Labute approximate surface area is 329 Å². The number of hydrogen-bond donors (Lipinski definition) is 1. The van der Waals surface area contributed by atoms with Crippen molar-refractivity contribution in [3.05, 3.63) is 86.6 Å². The summed E-state index contributed by atoms with van der Waals surface area (Å²) in [6.45, 7) is 4.00. The predicted molar refractivity (Wildman–Crippen MR) is 209 cm³/mol. The van der Waals surface area contributed by atoms with E-state index in [-0.39, 0.29) is 42.0 Å². The molecule has 0 spiro atoms. The van der Waals surface area contributed by atoms with Crippen LogP contribution in [0.25, 0.3) is 20.7 Å². The minimum Gasteiger partial charge on any atom is -0.508 e. The van der Waals surface area contributed by atoms with Gasteiger partial charge in [0.05, 0.1) is 48.8 Å². The maximum Gasteiger partial charge on any atom is 0.242 e. The van der Waals surface area contributed by atoms with Gasteiger partial charge in [-0.15, -0.1) is 22.7 Å². The van der Waals surface area contributed by atoms with Gasteiger partial charge in [-0.3, -0.25) is 28.8 Å². The molecule has 0 radical (unpaired) electrons. The van der Waals surface area contributed by atoms with Gasteiger partial charge in [0, 0.05) is 51.3 Å². The number of thiophene rings is 2. The Kier molecular flexibility index (Phi) is 8.30. The molecule has 0 unspecified atom stereocenters. The molecule has 9 rings (SSSR count). The summed E-state index contributed by atoms with van der Waals surface area (Å²) in [6, 6.07) is 14.2. The molecule has 55 heavy (non-hydrogen) atoms. The highest BCUT2D eigenvalue weighted by Crippen LogP contribution is 2.66. The predicted octanol–water partition coefficient (Wildman–Crippen LogP) is 7.48. The molecule has 0 bridgehead atoms. The molecule has 2 aliphatic heterocycles. The number of imide groups is 2. The normalized spacial score (nSPS) is 26.1. The monoisotopic (exact) mass is 796 g/mol. The van der Waals surface area contributed by atoms with E-state index in [1.54, 1.807) is 36.1 Å². The maximum atomic E-state index is 15.3. The molecule has 282 valence electrons. The summed E-state index contributed by atoms with van der Waals surface area (Å²) >= 11 is 9.37. The Balaban J connectivity index is 1.18. The van der Waals surface area contributed by atoms with E-state index in [0.29, 0.717) is 28.5 Å². The van der Waals surface area contributed by atoms with Gasteiger partial charge in [-0.2, -0.15) is 5.10 Å². The number of phenolic OH excluding ortho intramolecular Hbond substituents is 1. The average Bonchev–Trinajstić information content (AvgIpc) is 3.97. The standard InChI is InChI=1S/C41H37ClN4O7S2/c1-19-25-13-20(42)8-11-31(25)55-36(19)28-17-32(44(3)43-28)46-38(49)27-16-26-23(9-10-24-33(26)39(50)45(37(24)48)18-22-7-6-12-54-22)35(41(27,2)40(46)51)34-29(52-4)14-21(47)15-30(34)53-5/h6-9,11-15,17,24,26-27,33,35,47H,10,16,18H2,1-5H3/t24-,26+,27-,33-,35+,41+/m0/s1. The van der Waals surface area contributed by atoms with Crippen molar-refractivity contribution in [2.75, 3.05) is 19.1 Å². The highest BCUT2D eigenvalue weighted by molar-refractivity contribution is 7.22. The number of phenols is 1. The molecule has 3 fully saturated rings. The van der Waals surface area contributed by atoms with Crippen LogP contribution in [-0.4, -0.2) is 57.6 Å². The number of ether oxygens (including phenoxy) is 2. The van der Waals surface area contributed by atoms with Gasteiger partial charge in [0.2, 0.25) is 23.6 Å². The number of aromatic nitrogens is 2. The number of carbonyl (C=O) groups excluding carboxylic acids is 4. The molecule has 2 aromatic carbocycles. The number of methoxy groups -OCH3 is 2. The second-order valence-electron chi connectivity index (χ2n) is 15.0. The fourth-order valence-electron chi connectivity index (χ4n) is 9.75. The van der Waals surface area contributed by atoms with E-state index < -0.39 is 46.8 Å². The van der Waals surface area contributed by atoms with Crippen LogP contribution >= 0.6 is 34.3 Å². The Morgan fingerprint density at radius 1 is 1.00 bits per heavy atom. The van der Waals surface area contributed by atoms with E-state index in [9.17, 15) is 19.5 Å². The third-order valence-electron chi connectivity index (χ3n) is 12.3. The zero-order chi connectivity index (χ0) is 38.7. The number of aryl methyl sites for hydroxylation is 2. The van der Waals surface area contributed by atoms with Crippen LogP contribution in [0.15, 0.2) is 65.6 Å². The first-order valence-electron chi connectivity index (χ1n) is 18.0. The van der Waals surface area contributed by atoms with Crippen molar-refractivity contribution in [2.24, 2.45) is 36.1 Å². The third-order valence-corrected chi connectivity index (χ3v) is 14.7. The van der Waals surface area contributed by atoms with Crippen LogP contribution in [0.2, 0.25) is 5.02 Å². The number of hydrogen-bond acceptors (Lipinski definition) is 10. The van der Waals surface area contributed by atoms with E-state index >= 15 is 4.79 Å². The molecule has 14 heteroatoms. The van der Waals surface area contributed by atoms with Gasteiger partial charge in [-0.1, -0.05) is 29.3 Å². The van der Waals surface area contributed by atoms with Gasteiger partial charge in [0.25, 0.3) is 0 Å². The van der Waals surface area contributed by atoms with E-state index in [1.807, 2.05) is 48.7 Å². The summed E-state index contributed by atoms with van der Waals surface area (Å²) in [4.78, 5) is 63.0. The molecule has 1 saturated carbocycles. The number of allylic oxidation sites excluding steroid dienone is 2. The summed E-state index contributed by atoms with van der Waals surface area (Å²) in [5.74, 6) is -4.04. The highest BCUT2D eigenvalue weighted by Gasteiger charge is 2.68. The number of anilines is 1. The summed E-state index contributed by atoms with van der Waals surface area (Å²) in [5, 5.41) is 19.0. The summed E-state index contributed by atoms with van der Waals surface area (Å²) in [7, 11) is 4.66. The SMILES string of the molecule is COc1cc(O)cc(OC)c1[C@H]1C2=CC[C@@H]3C(=O)N(Cc4cccs4)C(=O)[C@@H]3[C@@H]2C[C@H]2C(=O)N(c3cc(-c4sc5ccc(Cl)cc5c4C)nn3C)C(=O)[C@@]12C. The lowest BCUT2D eigenvalue weighted by molar-refractivity contribution is -0.141. The fourth-order valence-corrected chi connectivity index (χ4v) is 11.8. The molecular weight excluding hydrogens is 760 g/mol. The summed E-state index contributed by atoms with van der Waals surface area (Å²) < 4.78 is 14.3. The second-order valence-corrected chi connectivity index (χ2v) is 17.5. The Bertz CT molecular complexity index is 2480. The van der Waals surface area contributed by atoms with Gasteiger partial charge < -0.3 is 14.6 Å². The number of benzene rings is 2. The number of fused-ring (bicyclic) bond motifs is 5. The topological polar surface area (TPSA) is 131 Å². The van der Waals surface area contributed by atoms with Crippen molar-refractivity contribution in [1.29, 1.82) is 0 Å². The van der Waals surface area contributed by atoms with Crippen molar-refractivity contribution in [2.45, 2.75) is 39.2 Å². The number of rotatable bonds is 7. The number of amides is 4. The first kappa shape index (κ1) is 35.7. The van der Waals surface area contributed by atoms with Crippen molar-refractivity contribution in [1.82, 2.24) is 14.7 Å². The largest absolute Gasteiger partial charge is 0.508 e. The molecule has 4 amide bonds. The number of likely N-dealkylation sites (tertiary alicyclic amines) is 1. The summed E-state index contributed by atoms with van der Waals surface area (Å²) in [5.41, 5.74) is 1.51. The molecule has 6 atom stereocenters. The minimum absolute atomic E-state index is 0.0957. The third kappa shape index (κ3) is 5.08. The molecular formula is C41H37ClN4O7S2. The average molecular weight is 797 g/mol. The van der Waals surface area contributed by atoms with Gasteiger partial charge in [0.15, 0.2) is 0 Å². The smallest absolute Gasteiger partial charge is 0.242 e. The number of aromatic hydroxyl groups is 1. The van der Waals surface area contributed by atoms with Crippen LogP contribution in [0.5, 0.6) is 17.2 Å². The lowest BCUT2D eigenvalue weighted by atomic mass is 9.51. The molecule has 2 saturated heterocycles. The summed E-state index contributed by atoms with van der Waals surface area (Å²) in [6.07, 6.45) is 2.48.